The van der Waals surface area contributed by atoms with Gasteiger partial charge in [0.05, 0.1) is 22.3 Å². The molecule has 0 saturated heterocycles. The molecule has 0 unspecified atom stereocenters. The van der Waals surface area contributed by atoms with Crippen LogP contribution in [-0.4, -0.2) is 16.0 Å². The summed E-state index contributed by atoms with van der Waals surface area (Å²) >= 11 is 0. The molecule has 5 nitrogen and oxygen atoms in total. The van der Waals surface area contributed by atoms with E-state index in [2.05, 4.69) is 15.5 Å². The molecule has 28 heavy (non-hydrogen) atoms. The van der Waals surface area contributed by atoms with Gasteiger partial charge < -0.3 is 9.84 Å². The fraction of sp³-hybridized carbons (Fsp3) is 0.0952. The number of fused-ring (bicyclic) bond motifs is 1. The van der Waals surface area contributed by atoms with Gasteiger partial charge in [0.2, 0.25) is 0 Å². The predicted octanol–water partition coefficient (Wildman–Crippen LogP) is 5.04. The zero-order valence-electron chi connectivity index (χ0n) is 15.1. The number of nitrogens with zero attached hydrogens (tertiary/aromatic N) is 2. The van der Waals surface area contributed by atoms with E-state index in [0.717, 1.165) is 0 Å². The Balaban J connectivity index is 1.82. The number of amides is 1. The van der Waals surface area contributed by atoms with Crippen molar-refractivity contribution in [2.24, 2.45) is 0 Å². The molecule has 0 bridgehead atoms. The summed E-state index contributed by atoms with van der Waals surface area (Å²) in [5, 5.41) is 6.94. The molecule has 2 aromatic heterocycles. The molecule has 0 atom stereocenters. The van der Waals surface area contributed by atoms with Crippen LogP contribution in [0.2, 0.25) is 0 Å². The van der Waals surface area contributed by atoms with Crippen LogP contribution in [0.5, 0.6) is 0 Å². The number of aromatic nitrogens is 2. The normalized spacial score (nSPS) is 11.0. The first kappa shape index (κ1) is 17.8. The molecule has 4 aromatic rings. The number of anilines is 1. The Morgan fingerprint density at radius 1 is 1.04 bits per heavy atom. The minimum atomic E-state index is -0.500. The highest BCUT2D eigenvalue weighted by Crippen LogP contribution is 2.29. The lowest BCUT2D eigenvalue weighted by Gasteiger charge is -2.09. The molecule has 140 valence electrons. The van der Waals surface area contributed by atoms with Crippen LogP contribution in [-0.2, 0) is 0 Å². The van der Waals surface area contributed by atoms with E-state index in [9.17, 15) is 13.6 Å². The highest BCUT2D eigenvalue weighted by Gasteiger charge is 2.20. The summed E-state index contributed by atoms with van der Waals surface area (Å²) in [7, 11) is 0. The van der Waals surface area contributed by atoms with Crippen LogP contribution in [0, 0.1) is 25.5 Å². The highest BCUT2D eigenvalue weighted by molar-refractivity contribution is 6.13. The number of hydrogen-bond acceptors (Lipinski definition) is 4. The van der Waals surface area contributed by atoms with E-state index < -0.39 is 17.5 Å². The smallest absolute Gasteiger partial charge is 0.259 e. The third kappa shape index (κ3) is 3.11. The van der Waals surface area contributed by atoms with Crippen molar-refractivity contribution in [3.63, 3.8) is 0 Å². The lowest BCUT2D eigenvalue weighted by atomic mass is 10.0. The Hall–Kier alpha value is -3.61. The van der Waals surface area contributed by atoms with Gasteiger partial charge in [0.1, 0.15) is 11.6 Å². The Morgan fingerprint density at radius 3 is 2.57 bits per heavy atom. The summed E-state index contributed by atoms with van der Waals surface area (Å²) in [6.07, 6.45) is 0. The van der Waals surface area contributed by atoms with Crippen LogP contribution in [0.4, 0.5) is 14.5 Å². The molecule has 2 aromatic carbocycles. The van der Waals surface area contributed by atoms with Crippen LogP contribution in [0.3, 0.4) is 0 Å². The van der Waals surface area contributed by atoms with Gasteiger partial charge in [0.15, 0.2) is 0 Å². The molecular weight excluding hydrogens is 364 g/mol. The summed E-state index contributed by atoms with van der Waals surface area (Å²) in [6, 6.07) is 12.0. The summed E-state index contributed by atoms with van der Waals surface area (Å²) < 4.78 is 33.2. The number of carbonyl (C=O) groups is 1. The molecule has 0 fully saturated rings. The third-order valence-corrected chi connectivity index (χ3v) is 4.44. The maximum absolute atomic E-state index is 14.2. The topological polar surface area (TPSA) is 68.0 Å². The monoisotopic (exact) mass is 379 g/mol. The van der Waals surface area contributed by atoms with Gasteiger partial charge in [-0.1, -0.05) is 23.4 Å². The van der Waals surface area contributed by atoms with Crippen molar-refractivity contribution in [2.75, 3.05) is 5.32 Å². The maximum atomic E-state index is 14.2. The highest BCUT2D eigenvalue weighted by atomic mass is 19.1. The average molecular weight is 379 g/mol. The number of nitrogens with one attached hydrogen (secondary N) is 1. The SMILES string of the molecule is Cc1ccc(NC(=O)c2cc(-c3ccccc3F)nc3onc(C)c23)cc1F. The number of halogens is 2. The summed E-state index contributed by atoms with van der Waals surface area (Å²) in [5.74, 6) is -1.40. The van der Waals surface area contributed by atoms with E-state index in [1.165, 1.54) is 18.2 Å². The zero-order valence-corrected chi connectivity index (χ0v) is 15.1. The van der Waals surface area contributed by atoms with Crippen molar-refractivity contribution < 1.29 is 18.1 Å². The van der Waals surface area contributed by atoms with E-state index in [1.807, 2.05) is 0 Å². The molecule has 1 N–H and O–H groups in total. The number of pyridine rings is 1. The van der Waals surface area contributed by atoms with Crippen molar-refractivity contribution in [3.8, 4) is 11.3 Å². The fourth-order valence-electron chi connectivity index (χ4n) is 2.95. The van der Waals surface area contributed by atoms with Crippen molar-refractivity contribution in [2.45, 2.75) is 13.8 Å². The number of carbonyl (C=O) groups excluding carboxylic acids is 1. The Labute approximate surface area is 159 Å². The third-order valence-electron chi connectivity index (χ3n) is 4.44. The maximum Gasteiger partial charge on any atom is 0.259 e. The summed E-state index contributed by atoms with van der Waals surface area (Å²) in [5.41, 5.74) is 2.06. The molecule has 4 rings (SSSR count). The zero-order chi connectivity index (χ0) is 19.8. The van der Waals surface area contributed by atoms with Gasteiger partial charge in [0, 0.05) is 11.3 Å². The number of aryl methyl sites for hydroxylation is 2. The molecule has 7 heteroatoms. The largest absolute Gasteiger partial charge is 0.335 e. The molecule has 0 spiro atoms. The standard InChI is InChI=1S/C21H15F2N3O2/c1-11-7-8-13(9-17(11)23)24-20(27)15-10-18(14-5-3-4-6-16(14)22)25-21-19(15)12(2)26-28-21/h3-10H,1-2H3,(H,24,27). The fourth-order valence-corrected chi connectivity index (χ4v) is 2.95. The summed E-state index contributed by atoms with van der Waals surface area (Å²) in [4.78, 5) is 17.2. The van der Waals surface area contributed by atoms with Gasteiger partial charge in [-0.25, -0.2) is 13.8 Å². The Morgan fingerprint density at radius 2 is 1.82 bits per heavy atom. The van der Waals surface area contributed by atoms with E-state index in [0.29, 0.717) is 22.3 Å². The second kappa shape index (κ2) is 6.84. The van der Waals surface area contributed by atoms with Gasteiger partial charge in [-0.2, -0.15) is 0 Å². The van der Waals surface area contributed by atoms with Crippen LogP contribution in [0.1, 0.15) is 21.6 Å². The van der Waals surface area contributed by atoms with Gasteiger partial charge >= 0.3 is 0 Å². The van der Waals surface area contributed by atoms with E-state index in [1.54, 1.807) is 44.2 Å². The number of benzene rings is 2. The van der Waals surface area contributed by atoms with E-state index in [-0.39, 0.29) is 22.5 Å². The van der Waals surface area contributed by atoms with Crippen LogP contribution in [0.25, 0.3) is 22.4 Å². The lowest BCUT2D eigenvalue weighted by molar-refractivity contribution is 0.102. The molecule has 0 aliphatic rings. The van der Waals surface area contributed by atoms with E-state index >= 15 is 0 Å². The minimum absolute atomic E-state index is 0.124. The second-order valence-corrected chi connectivity index (χ2v) is 6.40. The van der Waals surface area contributed by atoms with Gasteiger partial charge in [0.25, 0.3) is 11.6 Å². The number of hydrogen-bond donors (Lipinski definition) is 1. The molecule has 0 aliphatic carbocycles. The van der Waals surface area contributed by atoms with Crippen molar-refractivity contribution in [3.05, 3.63) is 77.0 Å². The quantitative estimate of drug-likeness (QED) is 0.542. The van der Waals surface area contributed by atoms with Gasteiger partial charge in [-0.05, 0) is 49.7 Å². The molecule has 0 aliphatic heterocycles. The second-order valence-electron chi connectivity index (χ2n) is 6.40. The summed E-state index contributed by atoms with van der Waals surface area (Å²) in [6.45, 7) is 3.31. The van der Waals surface area contributed by atoms with Crippen LogP contribution in [0.15, 0.2) is 53.1 Å². The minimum Gasteiger partial charge on any atom is -0.335 e. The molecule has 1 amide bonds. The van der Waals surface area contributed by atoms with Crippen LogP contribution < -0.4 is 5.32 Å². The molecule has 2 heterocycles. The molecule has 0 saturated carbocycles. The first-order valence-electron chi connectivity index (χ1n) is 8.53. The Kier molecular flexibility index (Phi) is 4.35. The van der Waals surface area contributed by atoms with Crippen LogP contribution >= 0.6 is 0 Å². The van der Waals surface area contributed by atoms with E-state index in [4.69, 9.17) is 4.52 Å². The Bertz CT molecular complexity index is 1220. The molecular formula is C21H15F2N3O2. The first-order chi connectivity index (χ1) is 13.4. The predicted molar refractivity (Wildman–Crippen MR) is 101 cm³/mol. The first-order valence-corrected chi connectivity index (χ1v) is 8.53. The molecule has 0 radical (unpaired) electrons. The average Bonchev–Trinajstić information content (AvgIpc) is 3.05. The van der Waals surface area contributed by atoms with Gasteiger partial charge in [-0.15, -0.1) is 0 Å². The van der Waals surface area contributed by atoms with Crippen molar-refractivity contribution in [1.29, 1.82) is 0 Å². The number of rotatable bonds is 3. The van der Waals surface area contributed by atoms with Crippen molar-refractivity contribution >= 4 is 22.7 Å². The lowest BCUT2D eigenvalue weighted by Crippen LogP contribution is -2.13. The van der Waals surface area contributed by atoms with Crippen molar-refractivity contribution in [1.82, 2.24) is 10.1 Å². The van der Waals surface area contributed by atoms with Gasteiger partial charge in [-0.3, -0.25) is 4.79 Å².